The third-order valence-corrected chi connectivity index (χ3v) is 2.00. The van der Waals surface area contributed by atoms with Gasteiger partial charge in [-0.1, -0.05) is 33.8 Å². The van der Waals surface area contributed by atoms with E-state index in [4.69, 9.17) is 0 Å². The Hall–Kier alpha value is -1.77. The van der Waals surface area contributed by atoms with Gasteiger partial charge in [0.1, 0.15) is 6.33 Å². The van der Waals surface area contributed by atoms with Gasteiger partial charge in [0.25, 0.3) is 0 Å². The Bertz CT molecular complexity index is 379. The summed E-state index contributed by atoms with van der Waals surface area (Å²) in [7, 11) is 0. The number of rotatable bonds is 0. The maximum Gasteiger partial charge on any atom is 0.115 e. The Morgan fingerprint density at radius 2 is 1.42 bits per heavy atom. The van der Waals surface area contributed by atoms with Crippen molar-refractivity contribution in [3.63, 3.8) is 0 Å². The van der Waals surface area contributed by atoms with Crippen LogP contribution in [0.3, 0.4) is 0 Å². The molecule has 3 heteroatoms. The quantitative estimate of drug-likeness (QED) is 0.699. The van der Waals surface area contributed by atoms with Gasteiger partial charge < -0.3 is 0 Å². The summed E-state index contributed by atoms with van der Waals surface area (Å²) >= 11 is 0. The summed E-state index contributed by atoms with van der Waals surface area (Å²) in [4.78, 5) is 11.7. The lowest BCUT2D eigenvalue weighted by Gasteiger charge is -1.92. The minimum absolute atomic E-state index is 1.01. The van der Waals surface area contributed by atoms with Gasteiger partial charge in [-0.2, -0.15) is 0 Å². The van der Waals surface area contributed by atoms with Crippen LogP contribution in [0.4, 0.5) is 0 Å². The minimum Gasteiger partial charge on any atom is -0.261 e. The van der Waals surface area contributed by atoms with E-state index < -0.39 is 0 Å². The van der Waals surface area contributed by atoms with Crippen molar-refractivity contribution in [2.75, 3.05) is 0 Å². The lowest BCUT2D eigenvalue weighted by atomic mass is 10.2. The fourth-order valence-electron chi connectivity index (χ4n) is 0.921. The fourth-order valence-corrected chi connectivity index (χ4v) is 0.921. The van der Waals surface area contributed by atoms with Gasteiger partial charge in [0.05, 0.1) is 0 Å². The Labute approximate surface area is 118 Å². The number of nitrogens with zero attached hydrogens (tertiary/aromatic N) is 3. The molecular formula is C16H27N3. The molecule has 0 N–H and O–H groups in total. The average Bonchev–Trinajstić information content (AvgIpc) is 2.48. The van der Waals surface area contributed by atoms with Crippen LogP contribution in [-0.2, 0) is 0 Å². The smallest absolute Gasteiger partial charge is 0.115 e. The van der Waals surface area contributed by atoms with Crippen LogP contribution in [0.25, 0.3) is 0 Å². The molecule has 0 unspecified atom stereocenters. The zero-order chi connectivity index (χ0) is 15.1. The first kappa shape index (κ1) is 19.6. The van der Waals surface area contributed by atoms with E-state index in [1.54, 1.807) is 6.20 Å². The Kier molecular flexibility index (Phi) is 14.7. The van der Waals surface area contributed by atoms with E-state index in [0.717, 1.165) is 11.4 Å². The Morgan fingerprint density at radius 3 is 1.68 bits per heavy atom. The summed E-state index contributed by atoms with van der Waals surface area (Å²) in [6.45, 7) is 14.0. The number of aromatic nitrogens is 3. The maximum absolute atomic E-state index is 4.08. The Balaban J connectivity index is 0. The molecule has 0 radical (unpaired) electrons. The molecule has 0 aliphatic heterocycles. The van der Waals surface area contributed by atoms with Crippen LogP contribution in [0.1, 0.15) is 44.6 Å². The van der Waals surface area contributed by atoms with Gasteiger partial charge in [0, 0.05) is 23.8 Å². The molecule has 3 nitrogen and oxygen atoms in total. The highest BCUT2D eigenvalue weighted by Crippen LogP contribution is 1.98. The summed E-state index contributed by atoms with van der Waals surface area (Å²) < 4.78 is 0. The lowest BCUT2D eigenvalue weighted by Crippen LogP contribution is -1.81. The van der Waals surface area contributed by atoms with Crippen LogP contribution in [0.2, 0.25) is 0 Å². The standard InChI is InChI=1S/C7H9N.C5H6N2.2C2H6/c1-6-4-3-5-8-7(6)2;1-5-2-3-6-4-7-5;2*1-2/h3-5H,1-2H3;2-4H,1H3;2*1-2H3. The third kappa shape index (κ3) is 11.1. The van der Waals surface area contributed by atoms with Gasteiger partial charge in [-0.25, -0.2) is 9.97 Å². The Morgan fingerprint density at radius 1 is 0.789 bits per heavy atom. The van der Waals surface area contributed by atoms with Crippen molar-refractivity contribution in [1.82, 2.24) is 15.0 Å². The second-order valence-corrected chi connectivity index (χ2v) is 3.26. The summed E-state index contributed by atoms with van der Waals surface area (Å²) in [5.41, 5.74) is 3.38. The van der Waals surface area contributed by atoms with Gasteiger partial charge in [0.15, 0.2) is 0 Å². The molecular weight excluding hydrogens is 234 g/mol. The van der Waals surface area contributed by atoms with E-state index in [1.165, 1.54) is 11.9 Å². The van der Waals surface area contributed by atoms with Crippen molar-refractivity contribution in [1.29, 1.82) is 0 Å². The van der Waals surface area contributed by atoms with E-state index in [1.807, 2.05) is 59.9 Å². The maximum atomic E-state index is 4.08. The second kappa shape index (κ2) is 14.3. The van der Waals surface area contributed by atoms with Crippen molar-refractivity contribution in [2.24, 2.45) is 0 Å². The first-order valence-corrected chi connectivity index (χ1v) is 6.81. The van der Waals surface area contributed by atoms with Gasteiger partial charge in [-0.15, -0.1) is 0 Å². The molecule has 0 saturated carbocycles. The summed E-state index contributed by atoms with van der Waals surface area (Å²) in [6, 6.07) is 5.87. The van der Waals surface area contributed by atoms with E-state index in [9.17, 15) is 0 Å². The zero-order valence-electron chi connectivity index (χ0n) is 13.3. The molecule has 2 aromatic rings. The number of aryl methyl sites for hydroxylation is 3. The van der Waals surface area contributed by atoms with Gasteiger partial charge >= 0.3 is 0 Å². The average molecular weight is 261 g/mol. The van der Waals surface area contributed by atoms with Gasteiger partial charge in [-0.3, -0.25) is 4.98 Å². The minimum atomic E-state index is 1.01. The lowest BCUT2D eigenvalue weighted by molar-refractivity contribution is 1.10. The van der Waals surface area contributed by atoms with E-state index >= 15 is 0 Å². The van der Waals surface area contributed by atoms with Crippen molar-refractivity contribution in [3.05, 3.63) is 53.9 Å². The molecule has 2 rings (SSSR count). The SMILES string of the molecule is CC.CC.Cc1cccnc1C.Cc1ccncn1. The molecule has 0 aliphatic carbocycles. The van der Waals surface area contributed by atoms with Crippen LogP contribution >= 0.6 is 0 Å². The molecule has 0 aromatic carbocycles. The molecule has 0 saturated heterocycles. The molecule has 2 heterocycles. The van der Waals surface area contributed by atoms with Crippen molar-refractivity contribution in [2.45, 2.75) is 48.5 Å². The number of hydrogen-bond acceptors (Lipinski definition) is 3. The summed E-state index contributed by atoms with van der Waals surface area (Å²) in [6.07, 6.45) is 5.07. The first-order valence-electron chi connectivity index (χ1n) is 6.81. The molecule has 0 amide bonds. The highest BCUT2D eigenvalue weighted by molar-refractivity contribution is 5.15. The fraction of sp³-hybridized carbons (Fsp3) is 0.438. The highest BCUT2D eigenvalue weighted by Gasteiger charge is 1.85. The molecule has 19 heavy (non-hydrogen) atoms. The molecule has 2 aromatic heterocycles. The number of pyridine rings is 1. The topological polar surface area (TPSA) is 38.7 Å². The zero-order valence-corrected chi connectivity index (χ0v) is 13.3. The summed E-state index contributed by atoms with van der Waals surface area (Å²) in [5, 5.41) is 0. The molecule has 0 bridgehead atoms. The summed E-state index contributed by atoms with van der Waals surface area (Å²) in [5.74, 6) is 0. The van der Waals surface area contributed by atoms with Gasteiger partial charge in [0.2, 0.25) is 0 Å². The monoisotopic (exact) mass is 261 g/mol. The van der Waals surface area contributed by atoms with Crippen LogP contribution in [-0.4, -0.2) is 15.0 Å². The number of hydrogen-bond donors (Lipinski definition) is 0. The first-order chi connectivity index (χ1) is 9.20. The van der Waals surface area contributed by atoms with Gasteiger partial charge in [-0.05, 0) is 38.5 Å². The predicted molar refractivity (Wildman–Crippen MR) is 83.2 cm³/mol. The van der Waals surface area contributed by atoms with Crippen LogP contribution in [0, 0.1) is 20.8 Å². The highest BCUT2D eigenvalue weighted by atomic mass is 14.8. The van der Waals surface area contributed by atoms with Crippen LogP contribution in [0.15, 0.2) is 36.9 Å². The predicted octanol–water partition coefficient (Wildman–Crippen LogP) is 4.54. The van der Waals surface area contributed by atoms with Crippen LogP contribution in [0.5, 0.6) is 0 Å². The van der Waals surface area contributed by atoms with Crippen LogP contribution < -0.4 is 0 Å². The molecule has 0 aliphatic rings. The van der Waals surface area contributed by atoms with E-state index in [2.05, 4.69) is 27.9 Å². The van der Waals surface area contributed by atoms with E-state index in [0.29, 0.717) is 0 Å². The molecule has 0 spiro atoms. The van der Waals surface area contributed by atoms with Crippen molar-refractivity contribution in [3.8, 4) is 0 Å². The second-order valence-electron chi connectivity index (χ2n) is 3.26. The third-order valence-electron chi connectivity index (χ3n) is 2.00. The normalized spacial score (nSPS) is 7.74. The van der Waals surface area contributed by atoms with Crippen molar-refractivity contribution < 1.29 is 0 Å². The largest absolute Gasteiger partial charge is 0.261 e. The molecule has 0 fully saturated rings. The van der Waals surface area contributed by atoms with E-state index in [-0.39, 0.29) is 0 Å². The molecule has 0 atom stereocenters. The molecule has 106 valence electrons. The van der Waals surface area contributed by atoms with Crippen molar-refractivity contribution >= 4 is 0 Å².